The molecule has 1 unspecified atom stereocenters. The molecule has 0 radical (unpaired) electrons. The lowest BCUT2D eigenvalue weighted by molar-refractivity contribution is -0.0848. The Morgan fingerprint density at radius 2 is 1.78 bits per heavy atom. The molecular weight excluding hydrogens is 288 g/mol. The molecule has 0 amide bonds. The van der Waals surface area contributed by atoms with Crippen molar-refractivity contribution in [3.8, 4) is 5.75 Å². The molecule has 0 fully saturated rings. The summed E-state index contributed by atoms with van der Waals surface area (Å²) in [5.41, 5.74) is 2.92. The van der Waals surface area contributed by atoms with Crippen LogP contribution in [0.15, 0.2) is 48.5 Å². The number of carbonyl (C=O) groups excluding carboxylic acids is 1. The zero-order valence-corrected chi connectivity index (χ0v) is 13.8. The largest absolute Gasteiger partial charge is 0.461 e. The minimum Gasteiger partial charge on any atom is -0.461 e. The molecule has 0 N–H and O–H groups in total. The zero-order valence-electron chi connectivity index (χ0n) is 13.8. The van der Waals surface area contributed by atoms with Gasteiger partial charge in [-0.05, 0) is 42.7 Å². The topological polar surface area (TPSA) is 35.5 Å². The Bertz CT molecular complexity index is 605. The lowest BCUT2D eigenvalue weighted by Crippen LogP contribution is -2.14. The van der Waals surface area contributed by atoms with E-state index in [-0.39, 0.29) is 0 Å². The minimum absolute atomic E-state index is 0.431. The molecule has 1 atom stereocenters. The number of carbonyl (C=O) groups is 1. The van der Waals surface area contributed by atoms with E-state index in [4.69, 9.17) is 9.47 Å². The average Bonchev–Trinajstić information content (AvgIpc) is 2.61. The summed E-state index contributed by atoms with van der Waals surface area (Å²) in [6.45, 7) is 4.92. The number of unbranched alkanes of at least 4 members (excludes halogenated alkanes) is 1. The van der Waals surface area contributed by atoms with Crippen LogP contribution >= 0.6 is 0 Å². The van der Waals surface area contributed by atoms with E-state index < -0.39 is 6.29 Å². The second-order valence-corrected chi connectivity index (χ2v) is 5.41. The first kappa shape index (κ1) is 17.2. The van der Waals surface area contributed by atoms with Crippen molar-refractivity contribution in [1.29, 1.82) is 0 Å². The van der Waals surface area contributed by atoms with Crippen LogP contribution in [0, 0.1) is 0 Å². The lowest BCUT2D eigenvalue weighted by Gasteiger charge is -2.22. The summed E-state index contributed by atoms with van der Waals surface area (Å²) in [6, 6.07) is 15.3. The minimum atomic E-state index is -0.431. The lowest BCUT2D eigenvalue weighted by atomic mass is 10.0. The second-order valence-electron chi connectivity index (χ2n) is 5.41. The first-order valence-electron chi connectivity index (χ1n) is 8.19. The van der Waals surface area contributed by atoms with Crippen LogP contribution in [-0.2, 0) is 11.2 Å². The van der Waals surface area contributed by atoms with Crippen molar-refractivity contribution in [3.05, 3.63) is 65.2 Å². The monoisotopic (exact) mass is 312 g/mol. The molecule has 3 heteroatoms. The fourth-order valence-corrected chi connectivity index (χ4v) is 2.36. The van der Waals surface area contributed by atoms with Crippen LogP contribution in [0.1, 0.15) is 54.5 Å². The van der Waals surface area contributed by atoms with Crippen LogP contribution in [-0.4, -0.2) is 12.9 Å². The van der Waals surface area contributed by atoms with Crippen molar-refractivity contribution in [2.45, 2.75) is 39.4 Å². The Hall–Kier alpha value is -2.13. The third kappa shape index (κ3) is 4.93. The summed E-state index contributed by atoms with van der Waals surface area (Å²) in [6.07, 6.45) is 3.40. The van der Waals surface area contributed by atoms with Crippen molar-refractivity contribution < 1.29 is 14.3 Å². The van der Waals surface area contributed by atoms with E-state index in [1.165, 1.54) is 5.56 Å². The number of hydrogen-bond donors (Lipinski definition) is 0. The summed E-state index contributed by atoms with van der Waals surface area (Å²) < 4.78 is 12.0. The Kier molecular flexibility index (Phi) is 6.82. The predicted molar refractivity (Wildman–Crippen MR) is 91.9 cm³/mol. The third-order valence-electron chi connectivity index (χ3n) is 3.72. The molecule has 2 aromatic carbocycles. The first-order valence-corrected chi connectivity index (χ1v) is 8.19. The molecule has 3 nitrogen and oxygen atoms in total. The SMILES string of the molecule is CCCCOC(Oc1ccc(C=O)cc1)c1ccccc1CC. The molecule has 0 saturated heterocycles. The predicted octanol–water partition coefficient (Wildman–Crippen LogP) is 4.96. The van der Waals surface area contributed by atoms with Gasteiger partial charge in [0, 0.05) is 11.1 Å². The number of rotatable bonds is 9. The van der Waals surface area contributed by atoms with E-state index in [2.05, 4.69) is 26.0 Å². The van der Waals surface area contributed by atoms with Crippen molar-refractivity contribution in [1.82, 2.24) is 0 Å². The van der Waals surface area contributed by atoms with E-state index in [1.54, 1.807) is 24.3 Å². The van der Waals surface area contributed by atoms with Crippen LogP contribution in [0.3, 0.4) is 0 Å². The maximum Gasteiger partial charge on any atom is 0.226 e. The van der Waals surface area contributed by atoms with Crippen LogP contribution < -0.4 is 4.74 Å². The maximum atomic E-state index is 10.8. The van der Waals surface area contributed by atoms with Gasteiger partial charge in [0.15, 0.2) is 0 Å². The second kappa shape index (κ2) is 9.11. The standard InChI is InChI=1S/C20H24O3/c1-3-5-14-22-20(19-9-7-6-8-17(19)4-2)23-18-12-10-16(15-21)11-13-18/h6-13,15,20H,3-5,14H2,1-2H3. The highest BCUT2D eigenvalue weighted by molar-refractivity contribution is 5.74. The van der Waals surface area contributed by atoms with Crippen molar-refractivity contribution in [2.75, 3.05) is 6.61 Å². The molecule has 2 aromatic rings. The fourth-order valence-electron chi connectivity index (χ4n) is 2.36. The van der Waals surface area contributed by atoms with Gasteiger partial charge in [-0.15, -0.1) is 0 Å². The molecular formula is C20H24O3. The van der Waals surface area contributed by atoms with Gasteiger partial charge in [-0.2, -0.15) is 0 Å². The molecule has 0 spiro atoms. The van der Waals surface area contributed by atoms with Gasteiger partial charge in [0.05, 0.1) is 6.61 Å². The van der Waals surface area contributed by atoms with E-state index in [1.807, 2.05) is 12.1 Å². The zero-order chi connectivity index (χ0) is 16.5. The smallest absolute Gasteiger partial charge is 0.226 e. The number of aldehydes is 1. The summed E-state index contributed by atoms with van der Waals surface area (Å²) in [4.78, 5) is 10.8. The van der Waals surface area contributed by atoms with Crippen LogP contribution in [0.4, 0.5) is 0 Å². The third-order valence-corrected chi connectivity index (χ3v) is 3.72. The number of ether oxygens (including phenoxy) is 2. The molecule has 23 heavy (non-hydrogen) atoms. The Morgan fingerprint density at radius 3 is 2.43 bits per heavy atom. The Morgan fingerprint density at radius 1 is 1.04 bits per heavy atom. The van der Waals surface area contributed by atoms with Gasteiger partial charge in [-0.3, -0.25) is 4.79 Å². The van der Waals surface area contributed by atoms with Crippen LogP contribution in [0.5, 0.6) is 5.75 Å². The van der Waals surface area contributed by atoms with Gasteiger partial charge in [0.25, 0.3) is 0 Å². The summed E-state index contributed by atoms with van der Waals surface area (Å²) in [5, 5.41) is 0. The molecule has 0 aliphatic heterocycles. The normalized spacial score (nSPS) is 11.9. The Labute approximate surface area is 138 Å². The molecule has 2 rings (SSSR count). The van der Waals surface area contributed by atoms with Gasteiger partial charge in [-0.1, -0.05) is 44.5 Å². The molecule has 0 heterocycles. The number of hydrogen-bond acceptors (Lipinski definition) is 3. The van der Waals surface area contributed by atoms with E-state index >= 15 is 0 Å². The highest BCUT2D eigenvalue weighted by atomic mass is 16.7. The quantitative estimate of drug-likeness (QED) is 0.373. The van der Waals surface area contributed by atoms with Crippen molar-refractivity contribution in [3.63, 3.8) is 0 Å². The Balaban J connectivity index is 2.20. The van der Waals surface area contributed by atoms with E-state index in [0.29, 0.717) is 17.9 Å². The fraction of sp³-hybridized carbons (Fsp3) is 0.350. The number of aryl methyl sites for hydroxylation is 1. The highest BCUT2D eigenvalue weighted by Crippen LogP contribution is 2.26. The molecule has 122 valence electrons. The summed E-state index contributed by atoms with van der Waals surface area (Å²) in [7, 11) is 0. The van der Waals surface area contributed by atoms with Gasteiger partial charge in [0.2, 0.25) is 6.29 Å². The number of benzene rings is 2. The van der Waals surface area contributed by atoms with Gasteiger partial charge >= 0.3 is 0 Å². The van der Waals surface area contributed by atoms with E-state index in [9.17, 15) is 4.79 Å². The van der Waals surface area contributed by atoms with Crippen LogP contribution in [0.25, 0.3) is 0 Å². The van der Waals surface area contributed by atoms with Crippen LogP contribution in [0.2, 0.25) is 0 Å². The van der Waals surface area contributed by atoms with Gasteiger partial charge in [-0.25, -0.2) is 0 Å². The molecule has 0 aromatic heterocycles. The van der Waals surface area contributed by atoms with E-state index in [0.717, 1.165) is 31.1 Å². The van der Waals surface area contributed by atoms with Crippen molar-refractivity contribution >= 4 is 6.29 Å². The van der Waals surface area contributed by atoms with Gasteiger partial charge in [0.1, 0.15) is 12.0 Å². The summed E-state index contributed by atoms with van der Waals surface area (Å²) >= 11 is 0. The molecule has 0 aliphatic rings. The highest BCUT2D eigenvalue weighted by Gasteiger charge is 2.17. The molecule has 0 aliphatic carbocycles. The molecule has 0 saturated carbocycles. The maximum absolute atomic E-state index is 10.8. The van der Waals surface area contributed by atoms with Gasteiger partial charge < -0.3 is 9.47 Å². The first-order chi connectivity index (χ1) is 11.3. The average molecular weight is 312 g/mol. The summed E-state index contributed by atoms with van der Waals surface area (Å²) in [5.74, 6) is 0.697. The van der Waals surface area contributed by atoms with Crippen molar-refractivity contribution in [2.24, 2.45) is 0 Å². The molecule has 0 bridgehead atoms.